The second-order valence-electron chi connectivity index (χ2n) is 6.70. The highest BCUT2D eigenvalue weighted by atomic mass is 16.5. The van der Waals surface area contributed by atoms with E-state index in [1.807, 2.05) is 6.07 Å². The highest BCUT2D eigenvalue weighted by Gasteiger charge is 2.45. The molecule has 0 N–H and O–H groups in total. The molecule has 1 aromatic rings. The van der Waals surface area contributed by atoms with Crippen molar-refractivity contribution in [1.29, 1.82) is 0 Å². The van der Waals surface area contributed by atoms with Gasteiger partial charge in [-0.25, -0.2) is 0 Å². The predicted molar refractivity (Wildman–Crippen MR) is 81.5 cm³/mol. The standard InChI is InChI=1S/C18H23NO2/c1-21-13-6-7-14-12(10-13)8-9-19-16-5-3-2-4-15(16)18(20)11-17(14)19/h6-7,10,15-17H,2-5,8-9,11H2,1H3. The fourth-order valence-corrected chi connectivity index (χ4v) is 4.68. The van der Waals surface area contributed by atoms with Crippen LogP contribution in [0.15, 0.2) is 18.2 Å². The van der Waals surface area contributed by atoms with Gasteiger partial charge in [-0.3, -0.25) is 9.69 Å². The zero-order chi connectivity index (χ0) is 14.4. The molecule has 0 radical (unpaired) electrons. The van der Waals surface area contributed by atoms with Gasteiger partial charge in [0.25, 0.3) is 0 Å². The van der Waals surface area contributed by atoms with Gasteiger partial charge in [-0.15, -0.1) is 0 Å². The lowest BCUT2D eigenvalue weighted by atomic mass is 9.72. The molecule has 1 saturated carbocycles. The van der Waals surface area contributed by atoms with Crippen molar-refractivity contribution in [3.8, 4) is 5.75 Å². The largest absolute Gasteiger partial charge is 0.497 e. The van der Waals surface area contributed by atoms with E-state index in [2.05, 4.69) is 17.0 Å². The average Bonchev–Trinajstić information content (AvgIpc) is 2.54. The van der Waals surface area contributed by atoms with Crippen LogP contribution < -0.4 is 4.74 Å². The van der Waals surface area contributed by atoms with E-state index in [0.717, 1.165) is 25.1 Å². The van der Waals surface area contributed by atoms with Crippen LogP contribution in [0.25, 0.3) is 0 Å². The van der Waals surface area contributed by atoms with E-state index in [9.17, 15) is 4.79 Å². The maximum Gasteiger partial charge on any atom is 0.139 e. The molecule has 2 heterocycles. The van der Waals surface area contributed by atoms with Gasteiger partial charge in [0.05, 0.1) is 7.11 Å². The SMILES string of the molecule is COc1ccc2c(c1)CCN1C2CC(=O)C2CCCCC21. The molecule has 2 aliphatic heterocycles. The topological polar surface area (TPSA) is 29.5 Å². The summed E-state index contributed by atoms with van der Waals surface area (Å²) >= 11 is 0. The third-order valence-electron chi connectivity index (χ3n) is 5.71. The van der Waals surface area contributed by atoms with Gasteiger partial charge < -0.3 is 4.74 Å². The Hall–Kier alpha value is -1.35. The van der Waals surface area contributed by atoms with Crippen LogP contribution >= 0.6 is 0 Å². The van der Waals surface area contributed by atoms with Gasteiger partial charge in [0.2, 0.25) is 0 Å². The zero-order valence-electron chi connectivity index (χ0n) is 12.7. The van der Waals surface area contributed by atoms with Crippen LogP contribution in [0.2, 0.25) is 0 Å². The highest BCUT2D eigenvalue weighted by molar-refractivity contribution is 5.83. The Labute approximate surface area is 126 Å². The van der Waals surface area contributed by atoms with Gasteiger partial charge in [-0.1, -0.05) is 18.9 Å². The summed E-state index contributed by atoms with van der Waals surface area (Å²) < 4.78 is 5.34. The Balaban J connectivity index is 1.69. The third-order valence-corrected chi connectivity index (χ3v) is 5.71. The van der Waals surface area contributed by atoms with Crippen molar-refractivity contribution in [2.45, 2.75) is 50.6 Å². The number of benzene rings is 1. The van der Waals surface area contributed by atoms with Gasteiger partial charge in [0.15, 0.2) is 0 Å². The zero-order valence-corrected chi connectivity index (χ0v) is 12.7. The minimum Gasteiger partial charge on any atom is -0.497 e. The molecule has 4 rings (SSSR count). The lowest BCUT2D eigenvalue weighted by Crippen LogP contribution is -2.54. The normalized spacial score (nSPS) is 32.0. The van der Waals surface area contributed by atoms with E-state index in [1.54, 1.807) is 7.11 Å². The maximum atomic E-state index is 12.6. The number of ether oxygens (including phenoxy) is 1. The molecule has 112 valence electrons. The Kier molecular flexibility index (Phi) is 3.26. The number of carbonyl (C=O) groups is 1. The summed E-state index contributed by atoms with van der Waals surface area (Å²) in [6, 6.07) is 7.19. The molecule has 1 aliphatic carbocycles. The Bertz CT molecular complexity index is 568. The number of hydrogen-bond donors (Lipinski definition) is 0. The molecule has 21 heavy (non-hydrogen) atoms. The van der Waals surface area contributed by atoms with Crippen molar-refractivity contribution in [3.63, 3.8) is 0 Å². The first kappa shape index (κ1) is 13.3. The van der Waals surface area contributed by atoms with Gasteiger partial charge >= 0.3 is 0 Å². The number of piperidine rings is 1. The van der Waals surface area contributed by atoms with Crippen molar-refractivity contribution in [2.24, 2.45) is 5.92 Å². The summed E-state index contributed by atoms with van der Waals surface area (Å²) in [6.45, 7) is 1.10. The van der Waals surface area contributed by atoms with Crippen LogP contribution in [0, 0.1) is 5.92 Å². The first-order chi connectivity index (χ1) is 10.3. The summed E-state index contributed by atoms with van der Waals surface area (Å²) in [6.07, 6.45) is 6.63. The quantitative estimate of drug-likeness (QED) is 0.794. The van der Waals surface area contributed by atoms with Crippen LogP contribution in [-0.4, -0.2) is 30.4 Å². The Morgan fingerprint density at radius 3 is 2.95 bits per heavy atom. The number of nitrogens with zero attached hydrogens (tertiary/aromatic N) is 1. The predicted octanol–water partition coefficient (Wildman–Crippen LogP) is 3.13. The number of hydrogen-bond acceptors (Lipinski definition) is 3. The van der Waals surface area contributed by atoms with Crippen molar-refractivity contribution < 1.29 is 9.53 Å². The fourth-order valence-electron chi connectivity index (χ4n) is 4.68. The highest BCUT2D eigenvalue weighted by Crippen LogP contribution is 2.44. The fraction of sp³-hybridized carbons (Fsp3) is 0.611. The van der Waals surface area contributed by atoms with Crippen molar-refractivity contribution >= 4 is 5.78 Å². The van der Waals surface area contributed by atoms with Crippen LogP contribution in [0.1, 0.15) is 49.3 Å². The van der Waals surface area contributed by atoms with E-state index >= 15 is 0 Å². The molecule has 3 nitrogen and oxygen atoms in total. The second-order valence-corrected chi connectivity index (χ2v) is 6.70. The smallest absolute Gasteiger partial charge is 0.139 e. The summed E-state index contributed by atoms with van der Waals surface area (Å²) in [4.78, 5) is 15.2. The van der Waals surface area contributed by atoms with Crippen molar-refractivity contribution in [2.75, 3.05) is 13.7 Å². The lowest BCUT2D eigenvalue weighted by Gasteiger charge is -2.50. The van der Waals surface area contributed by atoms with Gasteiger partial charge in [0, 0.05) is 31.0 Å². The average molecular weight is 285 g/mol. The van der Waals surface area contributed by atoms with Crippen LogP contribution in [0.5, 0.6) is 5.75 Å². The monoisotopic (exact) mass is 285 g/mol. The Morgan fingerprint density at radius 2 is 2.10 bits per heavy atom. The van der Waals surface area contributed by atoms with Crippen LogP contribution in [0.4, 0.5) is 0 Å². The van der Waals surface area contributed by atoms with Crippen molar-refractivity contribution in [1.82, 2.24) is 4.90 Å². The molecule has 3 heteroatoms. The van der Waals surface area contributed by atoms with E-state index in [1.165, 1.54) is 30.4 Å². The van der Waals surface area contributed by atoms with Gasteiger partial charge in [0.1, 0.15) is 11.5 Å². The molecule has 1 saturated heterocycles. The summed E-state index contributed by atoms with van der Waals surface area (Å²) in [7, 11) is 1.72. The van der Waals surface area contributed by atoms with Gasteiger partial charge in [-0.05, 0) is 42.5 Å². The van der Waals surface area contributed by atoms with E-state index in [0.29, 0.717) is 30.2 Å². The molecule has 3 atom stereocenters. The van der Waals surface area contributed by atoms with Crippen molar-refractivity contribution in [3.05, 3.63) is 29.3 Å². The first-order valence-electron chi connectivity index (χ1n) is 8.23. The van der Waals surface area contributed by atoms with Crippen LogP contribution in [-0.2, 0) is 11.2 Å². The van der Waals surface area contributed by atoms with E-state index in [4.69, 9.17) is 4.74 Å². The Morgan fingerprint density at radius 1 is 1.24 bits per heavy atom. The summed E-state index contributed by atoms with van der Waals surface area (Å²) in [5.74, 6) is 1.75. The molecule has 0 aromatic heterocycles. The molecule has 2 fully saturated rings. The van der Waals surface area contributed by atoms with Crippen LogP contribution in [0.3, 0.4) is 0 Å². The molecule has 3 aliphatic rings. The number of methoxy groups -OCH3 is 1. The summed E-state index contributed by atoms with van der Waals surface area (Å²) in [5, 5.41) is 0. The number of carbonyl (C=O) groups excluding carboxylic acids is 1. The van der Waals surface area contributed by atoms with Gasteiger partial charge in [-0.2, -0.15) is 0 Å². The first-order valence-corrected chi connectivity index (χ1v) is 8.23. The second kappa shape index (κ2) is 5.13. The molecule has 0 amide bonds. The minimum atomic E-state index is 0.312. The van der Waals surface area contributed by atoms with E-state index < -0.39 is 0 Å². The lowest BCUT2D eigenvalue weighted by molar-refractivity contribution is -0.134. The molecule has 3 unspecified atom stereocenters. The molecule has 0 bridgehead atoms. The minimum absolute atomic E-state index is 0.312. The molecular weight excluding hydrogens is 262 g/mol. The maximum absolute atomic E-state index is 12.6. The summed E-state index contributed by atoms with van der Waals surface area (Å²) in [5.41, 5.74) is 2.73. The third kappa shape index (κ3) is 2.10. The molecular formula is C18H23NO2. The number of Topliss-reactive ketones (excluding diaryl/α,β-unsaturated/α-hetero) is 1. The number of fused-ring (bicyclic) bond motifs is 5. The number of rotatable bonds is 1. The van der Waals surface area contributed by atoms with E-state index in [-0.39, 0.29) is 0 Å². The molecule has 0 spiro atoms. The molecule has 1 aromatic carbocycles. The number of ketones is 1.